The molecule has 0 spiro atoms. The van der Waals surface area contributed by atoms with E-state index >= 15 is 0 Å². The SMILES string of the molecule is COc1ccc(-c2c3c(=O)n(C)c(=O)n(C)c3cn2C2CCCCCC2)cc1OC. The van der Waals surface area contributed by atoms with Gasteiger partial charge in [-0.1, -0.05) is 25.7 Å². The molecule has 30 heavy (non-hydrogen) atoms. The maximum atomic E-state index is 13.2. The Bertz CT molecular complexity index is 1190. The van der Waals surface area contributed by atoms with Crippen LogP contribution in [0.1, 0.15) is 44.6 Å². The average Bonchev–Trinajstić information content (AvgIpc) is 2.96. The number of nitrogens with zero attached hydrogens (tertiary/aromatic N) is 3. The second-order valence-electron chi connectivity index (χ2n) is 8.07. The Balaban J connectivity index is 2.06. The van der Waals surface area contributed by atoms with Crippen molar-refractivity contribution >= 4 is 10.9 Å². The van der Waals surface area contributed by atoms with Crippen LogP contribution in [0.4, 0.5) is 0 Å². The normalized spacial score (nSPS) is 15.3. The van der Waals surface area contributed by atoms with Crippen LogP contribution in [0, 0.1) is 0 Å². The van der Waals surface area contributed by atoms with Crippen LogP contribution in [0.5, 0.6) is 11.5 Å². The molecule has 0 unspecified atom stereocenters. The summed E-state index contributed by atoms with van der Waals surface area (Å²) in [4.78, 5) is 25.8. The van der Waals surface area contributed by atoms with E-state index in [2.05, 4.69) is 4.57 Å². The molecule has 7 heteroatoms. The van der Waals surface area contributed by atoms with Crippen molar-refractivity contribution in [2.24, 2.45) is 14.1 Å². The molecule has 1 aromatic carbocycles. The fourth-order valence-corrected chi connectivity index (χ4v) is 4.66. The van der Waals surface area contributed by atoms with Gasteiger partial charge in [-0.15, -0.1) is 0 Å². The minimum atomic E-state index is -0.315. The summed E-state index contributed by atoms with van der Waals surface area (Å²) in [6.45, 7) is 0. The highest BCUT2D eigenvalue weighted by atomic mass is 16.5. The molecule has 0 bridgehead atoms. The standard InChI is InChI=1S/C23H29N3O4/c1-24-17-14-26(16-9-7-5-6-8-10-16)21(20(17)22(27)25(2)23(24)28)15-11-12-18(29-3)19(13-15)30-4/h11-14,16H,5-10H2,1-4H3. The van der Waals surface area contributed by atoms with Gasteiger partial charge in [-0.25, -0.2) is 4.79 Å². The van der Waals surface area contributed by atoms with E-state index in [1.165, 1.54) is 37.3 Å². The summed E-state index contributed by atoms with van der Waals surface area (Å²) < 4.78 is 15.9. The molecule has 0 radical (unpaired) electrons. The maximum Gasteiger partial charge on any atom is 0.330 e. The minimum absolute atomic E-state index is 0.273. The molecular formula is C23H29N3O4. The van der Waals surface area contributed by atoms with Crippen molar-refractivity contribution in [3.8, 4) is 22.8 Å². The molecule has 2 heterocycles. The van der Waals surface area contributed by atoms with E-state index in [-0.39, 0.29) is 11.2 Å². The lowest BCUT2D eigenvalue weighted by Crippen LogP contribution is -2.36. The van der Waals surface area contributed by atoms with E-state index in [4.69, 9.17) is 9.47 Å². The number of rotatable bonds is 4. The molecule has 0 atom stereocenters. The van der Waals surface area contributed by atoms with Gasteiger partial charge in [-0.05, 0) is 31.0 Å². The predicted octanol–water partition coefficient (Wildman–Crippen LogP) is 3.62. The van der Waals surface area contributed by atoms with E-state index in [1.807, 2.05) is 24.4 Å². The smallest absolute Gasteiger partial charge is 0.330 e. The summed E-state index contributed by atoms with van der Waals surface area (Å²) in [6.07, 6.45) is 8.93. The van der Waals surface area contributed by atoms with Gasteiger partial charge in [0, 0.05) is 31.9 Å². The van der Waals surface area contributed by atoms with E-state index in [0.717, 1.165) is 24.1 Å². The summed E-state index contributed by atoms with van der Waals surface area (Å²) in [5, 5.41) is 0.566. The first-order valence-corrected chi connectivity index (χ1v) is 10.5. The van der Waals surface area contributed by atoms with E-state index in [0.29, 0.717) is 28.4 Å². The van der Waals surface area contributed by atoms with Gasteiger partial charge in [0.25, 0.3) is 5.56 Å². The van der Waals surface area contributed by atoms with Crippen LogP contribution in [0.15, 0.2) is 34.0 Å². The van der Waals surface area contributed by atoms with Crippen molar-refractivity contribution in [3.05, 3.63) is 45.2 Å². The van der Waals surface area contributed by atoms with Gasteiger partial charge in [-0.2, -0.15) is 0 Å². The first-order valence-electron chi connectivity index (χ1n) is 10.5. The lowest BCUT2D eigenvalue weighted by Gasteiger charge is -2.20. The molecule has 1 saturated carbocycles. The van der Waals surface area contributed by atoms with E-state index in [1.54, 1.807) is 25.8 Å². The topological polar surface area (TPSA) is 67.4 Å². The summed E-state index contributed by atoms with van der Waals surface area (Å²) >= 11 is 0. The molecular weight excluding hydrogens is 382 g/mol. The molecule has 160 valence electrons. The second-order valence-corrected chi connectivity index (χ2v) is 8.07. The van der Waals surface area contributed by atoms with Gasteiger partial charge < -0.3 is 14.0 Å². The van der Waals surface area contributed by atoms with Crippen molar-refractivity contribution in [1.82, 2.24) is 13.7 Å². The Hall–Kier alpha value is -2.96. The highest BCUT2D eigenvalue weighted by molar-refractivity contribution is 5.94. The molecule has 3 aromatic rings. The van der Waals surface area contributed by atoms with Gasteiger partial charge in [0.15, 0.2) is 11.5 Å². The van der Waals surface area contributed by atoms with Crippen LogP contribution in [-0.4, -0.2) is 27.9 Å². The molecule has 0 amide bonds. The minimum Gasteiger partial charge on any atom is -0.493 e. The van der Waals surface area contributed by atoms with Crippen molar-refractivity contribution in [2.45, 2.75) is 44.6 Å². The van der Waals surface area contributed by atoms with Crippen molar-refractivity contribution in [3.63, 3.8) is 0 Å². The first kappa shape index (κ1) is 20.3. The van der Waals surface area contributed by atoms with Crippen LogP contribution in [0.3, 0.4) is 0 Å². The van der Waals surface area contributed by atoms with Crippen molar-refractivity contribution < 1.29 is 9.47 Å². The fraction of sp³-hybridized carbons (Fsp3) is 0.478. The molecule has 0 N–H and O–H groups in total. The number of aromatic nitrogens is 3. The summed E-state index contributed by atoms with van der Waals surface area (Å²) in [7, 11) is 6.46. The molecule has 1 fully saturated rings. The lowest BCUT2D eigenvalue weighted by atomic mass is 10.1. The number of hydrogen-bond acceptors (Lipinski definition) is 4. The largest absolute Gasteiger partial charge is 0.493 e. The lowest BCUT2D eigenvalue weighted by molar-refractivity contribution is 0.355. The Morgan fingerprint density at radius 1 is 0.900 bits per heavy atom. The highest BCUT2D eigenvalue weighted by Crippen LogP contribution is 2.39. The summed E-state index contributed by atoms with van der Waals surface area (Å²) in [5.41, 5.74) is 1.79. The predicted molar refractivity (Wildman–Crippen MR) is 118 cm³/mol. The van der Waals surface area contributed by atoms with Crippen molar-refractivity contribution in [1.29, 1.82) is 0 Å². The second kappa shape index (κ2) is 8.05. The Kier molecular flexibility index (Phi) is 5.45. The molecule has 0 aliphatic heterocycles. The van der Waals surface area contributed by atoms with Gasteiger partial charge in [0.05, 0.1) is 30.8 Å². The number of fused-ring (bicyclic) bond motifs is 1. The zero-order valence-electron chi connectivity index (χ0n) is 18.1. The summed E-state index contributed by atoms with van der Waals surface area (Å²) in [5.74, 6) is 1.25. The van der Waals surface area contributed by atoms with Crippen LogP contribution >= 0.6 is 0 Å². The number of aryl methyl sites for hydroxylation is 1. The number of ether oxygens (including phenoxy) is 2. The molecule has 4 rings (SSSR count). The highest BCUT2D eigenvalue weighted by Gasteiger charge is 2.24. The molecule has 1 aliphatic rings. The number of benzene rings is 1. The zero-order chi connectivity index (χ0) is 21.4. The third-order valence-corrected chi connectivity index (χ3v) is 6.34. The number of hydrogen-bond donors (Lipinski definition) is 0. The van der Waals surface area contributed by atoms with Gasteiger partial charge in [0.2, 0.25) is 0 Å². The Labute approximate surface area is 175 Å². The Morgan fingerprint density at radius 2 is 1.57 bits per heavy atom. The zero-order valence-corrected chi connectivity index (χ0v) is 18.1. The van der Waals surface area contributed by atoms with Gasteiger partial charge in [-0.3, -0.25) is 13.9 Å². The third kappa shape index (κ3) is 3.22. The van der Waals surface area contributed by atoms with E-state index in [9.17, 15) is 9.59 Å². The third-order valence-electron chi connectivity index (χ3n) is 6.34. The summed E-state index contributed by atoms with van der Waals surface area (Å²) in [6, 6.07) is 6.01. The average molecular weight is 412 g/mol. The molecule has 0 saturated heterocycles. The fourth-order valence-electron chi connectivity index (χ4n) is 4.66. The monoisotopic (exact) mass is 411 g/mol. The molecule has 2 aromatic heterocycles. The van der Waals surface area contributed by atoms with Crippen LogP contribution in [0.2, 0.25) is 0 Å². The quantitative estimate of drug-likeness (QED) is 0.615. The van der Waals surface area contributed by atoms with Gasteiger partial charge in [0.1, 0.15) is 0 Å². The van der Waals surface area contributed by atoms with Crippen LogP contribution < -0.4 is 20.7 Å². The van der Waals surface area contributed by atoms with Gasteiger partial charge >= 0.3 is 5.69 Å². The number of methoxy groups -OCH3 is 2. The van der Waals surface area contributed by atoms with Crippen LogP contribution in [0.25, 0.3) is 22.2 Å². The molecule has 1 aliphatic carbocycles. The van der Waals surface area contributed by atoms with E-state index < -0.39 is 0 Å². The molecule has 7 nitrogen and oxygen atoms in total. The first-order chi connectivity index (χ1) is 14.5. The maximum absolute atomic E-state index is 13.2. The van der Waals surface area contributed by atoms with Crippen molar-refractivity contribution in [2.75, 3.05) is 14.2 Å². The van der Waals surface area contributed by atoms with Crippen LogP contribution in [-0.2, 0) is 14.1 Å². The Morgan fingerprint density at radius 3 is 2.20 bits per heavy atom.